The first-order chi connectivity index (χ1) is 11.6. The van der Waals surface area contributed by atoms with Crippen molar-refractivity contribution < 1.29 is 19.4 Å². The molecule has 0 bridgehead atoms. The first-order valence-electron chi connectivity index (χ1n) is 7.85. The molecule has 0 saturated carbocycles. The zero-order valence-corrected chi connectivity index (χ0v) is 13.6. The number of carboxylic acid groups (broad SMARTS) is 1. The van der Waals surface area contributed by atoms with Crippen molar-refractivity contribution in [3.8, 4) is 0 Å². The van der Waals surface area contributed by atoms with Gasteiger partial charge in [-0.15, -0.1) is 0 Å². The second-order valence-electron chi connectivity index (χ2n) is 5.34. The van der Waals surface area contributed by atoms with Crippen LogP contribution in [0.15, 0.2) is 54.6 Å². The molecule has 0 spiro atoms. The minimum Gasteiger partial charge on any atom is -0.478 e. The minimum atomic E-state index is -0.978. The minimum absolute atomic E-state index is 0.126. The van der Waals surface area contributed by atoms with Gasteiger partial charge in [0.15, 0.2) is 0 Å². The van der Waals surface area contributed by atoms with Gasteiger partial charge in [-0.2, -0.15) is 0 Å². The van der Waals surface area contributed by atoms with Crippen LogP contribution in [0.2, 0.25) is 0 Å². The van der Waals surface area contributed by atoms with E-state index in [0.717, 1.165) is 11.1 Å². The normalized spacial score (nSPS) is 11.7. The molecule has 5 heteroatoms. The summed E-state index contributed by atoms with van der Waals surface area (Å²) in [5, 5.41) is 11.7. The summed E-state index contributed by atoms with van der Waals surface area (Å²) >= 11 is 0. The van der Waals surface area contributed by atoms with Crippen molar-refractivity contribution >= 4 is 11.9 Å². The molecule has 2 aromatic carbocycles. The summed E-state index contributed by atoms with van der Waals surface area (Å²) in [5.74, 6) is -1.10. The van der Waals surface area contributed by atoms with E-state index in [2.05, 4.69) is 5.32 Å². The molecular formula is C19H21NO4. The number of rotatable bonds is 8. The van der Waals surface area contributed by atoms with Crippen molar-refractivity contribution in [2.75, 3.05) is 13.2 Å². The van der Waals surface area contributed by atoms with Crippen LogP contribution in [0, 0.1) is 0 Å². The SMILES string of the molecule is CCOC(CNC(=O)Cc1ccc(C(=O)O)cc1)c1ccccc1. The molecule has 2 rings (SSSR count). The molecule has 0 aliphatic carbocycles. The maximum absolute atomic E-state index is 12.1. The molecular weight excluding hydrogens is 306 g/mol. The van der Waals surface area contributed by atoms with Crippen LogP contribution >= 0.6 is 0 Å². The van der Waals surface area contributed by atoms with Crippen LogP contribution < -0.4 is 5.32 Å². The van der Waals surface area contributed by atoms with Crippen molar-refractivity contribution in [2.24, 2.45) is 0 Å². The second-order valence-corrected chi connectivity index (χ2v) is 5.34. The van der Waals surface area contributed by atoms with E-state index in [1.807, 2.05) is 37.3 Å². The Morgan fingerprint density at radius 2 is 1.75 bits per heavy atom. The third kappa shape index (κ3) is 5.21. The summed E-state index contributed by atoms with van der Waals surface area (Å²) in [6, 6.07) is 16.1. The third-order valence-electron chi connectivity index (χ3n) is 3.59. The van der Waals surface area contributed by atoms with E-state index < -0.39 is 5.97 Å². The lowest BCUT2D eigenvalue weighted by Crippen LogP contribution is -2.30. The Kier molecular flexibility index (Phi) is 6.51. The van der Waals surface area contributed by atoms with Gasteiger partial charge in [0.2, 0.25) is 5.91 Å². The highest BCUT2D eigenvalue weighted by Crippen LogP contribution is 2.16. The molecule has 24 heavy (non-hydrogen) atoms. The molecule has 1 atom stereocenters. The molecule has 0 radical (unpaired) electrons. The van der Waals surface area contributed by atoms with Crippen LogP contribution in [0.25, 0.3) is 0 Å². The number of hydrogen-bond donors (Lipinski definition) is 2. The Morgan fingerprint density at radius 3 is 2.33 bits per heavy atom. The Morgan fingerprint density at radius 1 is 1.08 bits per heavy atom. The summed E-state index contributed by atoms with van der Waals surface area (Å²) in [7, 11) is 0. The summed E-state index contributed by atoms with van der Waals surface area (Å²) in [6.45, 7) is 2.87. The number of nitrogens with one attached hydrogen (secondary N) is 1. The van der Waals surface area contributed by atoms with Gasteiger partial charge in [-0.1, -0.05) is 42.5 Å². The highest BCUT2D eigenvalue weighted by atomic mass is 16.5. The van der Waals surface area contributed by atoms with Crippen molar-refractivity contribution in [3.63, 3.8) is 0 Å². The molecule has 1 unspecified atom stereocenters. The number of aromatic carboxylic acids is 1. The molecule has 0 fully saturated rings. The number of hydrogen-bond acceptors (Lipinski definition) is 3. The lowest BCUT2D eigenvalue weighted by molar-refractivity contribution is -0.121. The smallest absolute Gasteiger partial charge is 0.335 e. The van der Waals surface area contributed by atoms with E-state index in [0.29, 0.717) is 13.2 Å². The summed E-state index contributed by atoms with van der Waals surface area (Å²) in [6.07, 6.45) is 0.0163. The number of benzene rings is 2. The first kappa shape index (κ1) is 17.7. The topological polar surface area (TPSA) is 75.6 Å². The number of carbonyl (C=O) groups excluding carboxylic acids is 1. The average Bonchev–Trinajstić information content (AvgIpc) is 2.60. The average molecular weight is 327 g/mol. The molecule has 0 aromatic heterocycles. The lowest BCUT2D eigenvalue weighted by Gasteiger charge is -2.18. The van der Waals surface area contributed by atoms with Crippen molar-refractivity contribution in [1.29, 1.82) is 0 Å². The molecule has 5 nitrogen and oxygen atoms in total. The molecule has 1 amide bonds. The van der Waals surface area contributed by atoms with E-state index >= 15 is 0 Å². The van der Waals surface area contributed by atoms with Gasteiger partial charge in [-0.25, -0.2) is 4.79 Å². The van der Waals surface area contributed by atoms with Crippen molar-refractivity contribution in [3.05, 3.63) is 71.3 Å². The van der Waals surface area contributed by atoms with Gasteiger partial charge in [-0.05, 0) is 30.2 Å². The van der Waals surface area contributed by atoms with Gasteiger partial charge >= 0.3 is 5.97 Å². The van der Waals surface area contributed by atoms with Gasteiger partial charge in [0.25, 0.3) is 0 Å². The van der Waals surface area contributed by atoms with E-state index in [4.69, 9.17) is 9.84 Å². The molecule has 0 saturated heterocycles. The van der Waals surface area contributed by atoms with Crippen molar-refractivity contribution in [2.45, 2.75) is 19.4 Å². The number of ether oxygens (including phenoxy) is 1. The lowest BCUT2D eigenvalue weighted by atomic mass is 10.1. The fourth-order valence-electron chi connectivity index (χ4n) is 2.36. The van der Waals surface area contributed by atoms with Gasteiger partial charge in [0.1, 0.15) is 0 Å². The van der Waals surface area contributed by atoms with E-state index in [1.165, 1.54) is 12.1 Å². The molecule has 0 aliphatic heterocycles. The maximum atomic E-state index is 12.1. The van der Waals surface area contributed by atoms with Gasteiger partial charge in [0, 0.05) is 13.2 Å². The predicted octanol–water partition coefficient (Wildman–Crippen LogP) is 2.82. The summed E-state index contributed by atoms with van der Waals surface area (Å²) in [4.78, 5) is 22.9. The predicted molar refractivity (Wildman–Crippen MR) is 90.9 cm³/mol. The molecule has 2 N–H and O–H groups in total. The van der Waals surface area contributed by atoms with Crippen molar-refractivity contribution in [1.82, 2.24) is 5.32 Å². The van der Waals surface area contributed by atoms with Crippen LogP contribution in [0.3, 0.4) is 0 Å². The Balaban J connectivity index is 1.90. The van der Waals surface area contributed by atoms with Gasteiger partial charge < -0.3 is 15.2 Å². The molecule has 2 aromatic rings. The van der Waals surface area contributed by atoms with Gasteiger partial charge in [-0.3, -0.25) is 4.79 Å². The van der Waals surface area contributed by atoms with Crippen LogP contribution in [-0.4, -0.2) is 30.1 Å². The first-order valence-corrected chi connectivity index (χ1v) is 7.85. The fraction of sp³-hybridized carbons (Fsp3) is 0.263. The third-order valence-corrected chi connectivity index (χ3v) is 3.59. The number of carbonyl (C=O) groups is 2. The second kappa shape index (κ2) is 8.84. The Hall–Kier alpha value is -2.66. The van der Waals surface area contributed by atoms with E-state index in [-0.39, 0.29) is 24.0 Å². The Labute approximate surface area is 141 Å². The largest absolute Gasteiger partial charge is 0.478 e. The van der Waals surface area contributed by atoms with Crippen LogP contribution in [0.5, 0.6) is 0 Å². The van der Waals surface area contributed by atoms with Gasteiger partial charge in [0.05, 0.1) is 18.1 Å². The Bertz CT molecular complexity index is 668. The highest BCUT2D eigenvalue weighted by molar-refractivity contribution is 5.87. The number of carboxylic acids is 1. The van der Waals surface area contributed by atoms with E-state index in [9.17, 15) is 9.59 Å². The van der Waals surface area contributed by atoms with Crippen LogP contribution in [0.1, 0.15) is 34.5 Å². The molecule has 126 valence electrons. The summed E-state index contributed by atoms with van der Waals surface area (Å²) in [5.41, 5.74) is 2.00. The standard InChI is InChI=1S/C19H21NO4/c1-2-24-17(15-6-4-3-5-7-15)13-20-18(21)12-14-8-10-16(11-9-14)19(22)23/h3-11,17H,2,12-13H2,1H3,(H,20,21)(H,22,23). The quantitative estimate of drug-likeness (QED) is 0.782. The van der Waals surface area contributed by atoms with Crippen LogP contribution in [-0.2, 0) is 16.0 Å². The monoisotopic (exact) mass is 327 g/mol. The van der Waals surface area contributed by atoms with E-state index in [1.54, 1.807) is 12.1 Å². The zero-order chi connectivity index (χ0) is 17.4. The maximum Gasteiger partial charge on any atom is 0.335 e. The number of amides is 1. The van der Waals surface area contributed by atoms with Crippen LogP contribution in [0.4, 0.5) is 0 Å². The zero-order valence-electron chi connectivity index (χ0n) is 13.6. The molecule has 0 heterocycles. The molecule has 0 aliphatic rings. The fourth-order valence-corrected chi connectivity index (χ4v) is 2.36. The summed E-state index contributed by atoms with van der Waals surface area (Å²) < 4.78 is 5.69. The highest BCUT2D eigenvalue weighted by Gasteiger charge is 2.13.